The van der Waals surface area contributed by atoms with E-state index in [1.165, 1.54) is 24.8 Å². The van der Waals surface area contributed by atoms with E-state index in [0.717, 1.165) is 24.0 Å². The number of methoxy groups -OCH3 is 2. The van der Waals surface area contributed by atoms with Crippen molar-refractivity contribution in [3.8, 4) is 11.5 Å². The van der Waals surface area contributed by atoms with Crippen LogP contribution in [0, 0.1) is 5.92 Å². The maximum Gasteiger partial charge on any atom is 0.161 e. The van der Waals surface area contributed by atoms with E-state index >= 15 is 0 Å². The molecule has 3 nitrogen and oxygen atoms in total. The number of ether oxygens (including phenoxy) is 2. The summed E-state index contributed by atoms with van der Waals surface area (Å²) in [6, 6.07) is 6.69. The number of hydrogen-bond acceptors (Lipinski definition) is 3. The monoisotopic (exact) mass is 249 g/mol. The van der Waals surface area contributed by atoms with Crippen molar-refractivity contribution >= 4 is 0 Å². The van der Waals surface area contributed by atoms with E-state index < -0.39 is 0 Å². The Kier molecular flexibility index (Phi) is 4.48. The molecule has 0 heterocycles. The molecular formula is C15H23NO2. The zero-order chi connectivity index (χ0) is 13.0. The Morgan fingerprint density at radius 3 is 2.50 bits per heavy atom. The molecule has 1 aliphatic carbocycles. The fourth-order valence-electron chi connectivity index (χ4n) is 2.38. The quantitative estimate of drug-likeness (QED) is 0.840. The van der Waals surface area contributed by atoms with Gasteiger partial charge in [0.2, 0.25) is 0 Å². The van der Waals surface area contributed by atoms with Gasteiger partial charge in [0.25, 0.3) is 0 Å². The first-order valence-corrected chi connectivity index (χ1v) is 6.69. The normalized spacial score (nSPS) is 17.1. The van der Waals surface area contributed by atoms with Crippen molar-refractivity contribution in [3.63, 3.8) is 0 Å². The zero-order valence-electron chi connectivity index (χ0n) is 11.5. The molecule has 0 radical (unpaired) electrons. The molecule has 1 aromatic carbocycles. The van der Waals surface area contributed by atoms with Crippen molar-refractivity contribution in [1.29, 1.82) is 0 Å². The van der Waals surface area contributed by atoms with Crippen molar-refractivity contribution in [2.24, 2.45) is 5.92 Å². The molecule has 0 amide bonds. The zero-order valence-corrected chi connectivity index (χ0v) is 11.5. The second-order valence-electron chi connectivity index (χ2n) is 5.05. The van der Waals surface area contributed by atoms with Gasteiger partial charge >= 0.3 is 0 Å². The van der Waals surface area contributed by atoms with Gasteiger partial charge in [0.1, 0.15) is 0 Å². The molecule has 1 saturated carbocycles. The van der Waals surface area contributed by atoms with Gasteiger partial charge in [0.05, 0.1) is 14.2 Å². The van der Waals surface area contributed by atoms with E-state index in [1.54, 1.807) is 14.2 Å². The summed E-state index contributed by atoms with van der Waals surface area (Å²) in [5, 5.41) is 3.59. The molecule has 0 aromatic heterocycles. The Balaban J connectivity index is 1.92. The Labute approximate surface area is 109 Å². The van der Waals surface area contributed by atoms with Crippen LogP contribution in [0.5, 0.6) is 11.5 Å². The standard InChI is InChI=1S/C15H23NO2/c1-11(13-5-4-6-13)16-10-12-7-8-14(17-2)15(9-12)18-3/h7-9,11,13,16H,4-6,10H2,1-3H3. The highest BCUT2D eigenvalue weighted by atomic mass is 16.5. The molecule has 18 heavy (non-hydrogen) atoms. The molecule has 1 atom stereocenters. The third-order valence-corrected chi connectivity index (χ3v) is 3.93. The largest absolute Gasteiger partial charge is 0.493 e. The molecule has 1 fully saturated rings. The van der Waals surface area contributed by atoms with E-state index in [0.29, 0.717) is 6.04 Å². The van der Waals surface area contributed by atoms with Crippen LogP contribution in [-0.4, -0.2) is 20.3 Å². The fourth-order valence-corrected chi connectivity index (χ4v) is 2.38. The number of rotatable bonds is 6. The highest BCUT2D eigenvalue weighted by molar-refractivity contribution is 5.42. The second kappa shape index (κ2) is 6.10. The van der Waals surface area contributed by atoms with Gasteiger partial charge in [0, 0.05) is 12.6 Å². The number of hydrogen-bond donors (Lipinski definition) is 1. The average molecular weight is 249 g/mol. The molecule has 3 heteroatoms. The summed E-state index contributed by atoms with van der Waals surface area (Å²) in [4.78, 5) is 0. The first kappa shape index (κ1) is 13.2. The van der Waals surface area contributed by atoms with Crippen molar-refractivity contribution in [3.05, 3.63) is 23.8 Å². The van der Waals surface area contributed by atoms with Crippen molar-refractivity contribution in [2.75, 3.05) is 14.2 Å². The maximum absolute atomic E-state index is 5.31. The van der Waals surface area contributed by atoms with Crippen molar-refractivity contribution < 1.29 is 9.47 Å². The fraction of sp³-hybridized carbons (Fsp3) is 0.600. The van der Waals surface area contributed by atoms with Crippen LogP contribution in [0.15, 0.2) is 18.2 Å². The summed E-state index contributed by atoms with van der Waals surface area (Å²) < 4.78 is 10.5. The smallest absolute Gasteiger partial charge is 0.161 e. The van der Waals surface area contributed by atoms with Gasteiger partial charge in [0.15, 0.2) is 11.5 Å². The lowest BCUT2D eigenvalue weighted by atomic mass is 9.80. The van der Waals surface area contributed by atoms with Crippen LogP contribution in [-0.2, 0) is 6.54 Å². The van der Waals surface area contributed by atoms with E-state index in [-0.39, 0.29) is 0 Å². The van der Waals surface area contributed by atoms with Crippen LogP contribution in [0.3, 0.4) is 0 Å². The maximum atomic E-state index is 5.31. The molecule has 0 aliphatic heterocycles. The average Bonchev–Trinajstić information content (AvgIpc) is 2.33. The lowest BCUT2D eigenvalue weighted by Crippen LogP contribution is -2.36. The summed E-state index contributed by atoms with van der Waals surface area (Å²) in [5.74, 6) is 2.45. The Bertz CT molecular complexity index is 388. The van der Waals surface area contributed by atoms with Gasteiger partial charge in [-0.3, -0.25) is 0 Å². The first-order valence-electron chi connectivity index (χ1n) is 6.69. The van der Waals surface area contributed by atoms with Crippen LogP contribution in [0.1, 0.15) is 31.7 Å². The molecule has 2 rings (SSSR count). The highest BCUT2D eigenvalue weighted by Crippen LogP contribution is 2.30. The number of nitrogens with one attached hydrogen (secondary N) is 1. The third kappa shape index (κ3) is 2.96. The van der Waals surface area contributed by atoms with Gasteiger partial charge in [-0.2, -0.15) is 0 Å². The summed E-state index contributed by atoms with van der Waals surface area (Å²) in [6.45, 7) is 3.17. The molecule has 1 unspecified atom stereocenters. The SMILES string of the molecule is COc1ccc(CNC(C)C2CCC2)cc1OC. The predicted molar refractivity (Wildman–Crippen MR) is 73.2 cm³/mol. The summed E-state index contributed by atoms with van der Waals surface area (Å²) in [7, 11) is 3.33. The van der Waals surface area contributed by atoms with Crippen molar-refractivity contribution in [2.45, 2.75) is 38.8 Å². The minimum Gasteiger partial charge on any atom is -0.493 e. The van der Waals surface area contributed by atoms with Gasteiger partial charge in [-0.15, -0.1) is 0 Å². The molecule has 1 aromatic rings. The molecule has 1 aliphatic rings. The van der Waals surface area contributed by atoms with E-state index in [1.807, 2.05) is 12.1 Å². The van der Waals surface area contributed by atoms with E-state index in [9.17, 15) is 0 Å². The third-order valence-electron chi connectivity index (χ3n) is 3.93. The summed E-state index contributed by atoms with van der Waals surface area (Å²) >= 11 is 0. The Morgan fingerprint density at radius 1 is 1.22 bits per heavy atom. The first-order chi connectivity index (χ1) is 8.74. The van der Waals surface area contributed by atoms with Crippen LogP contribution in [0.25, 0.3) is 0 Å². The Hall–Kier alpha value is -1.22. The summed E-state index contributed by atoms with van der Waals surface area (Å²) in [5.41, 5.74) is 1.24. The minimum atomic E-state index is 0.604. The molecule has 100 valence electrons. The molecule has 0 spiro atoms. The number of benzene rings is 1. The molecule has 1 N–H and O–H groups in total. The minimum absolute atomic E-state index is 0.604. The molecule has 0 saturated heterocycles. The van der Waals surface area contributed by atoms with Gasteiger partial charge in [-0.1, -0.05) is 12.5 Å². The lowest BCUT2D eigenvalue weighted by molar-refractivity contribution is 0.240. The second-order valence-corrected chi connectivity index (χ2v) is 5.05. The topological polar surface area (TPSA) is 30.5 Å². The summed E-state index contributed by atoms with van der Waals surface area (Å²) in [6.07, 6.45) is 4.15. The molecular weight excluding hydrogens is 226 g/mol. The predicted octanol–water partition coefficient (Wildman–Crippen LogP) is 2.98. The molecule has 0 bridgehead atoms. The van der Waals surface area contributed by atoms with Crippen molar-refractivity contribution in [1.82, 2.24) is 5.32 Å². The van der Waals surface area contributed by atoms with Crippen LogP contribution in [0.4, 0.5) is 0 Å². The van der Waals surface area contributed by atoms with Crippen LogP contribution >= 0.6 is 0 Å². The lowest BCUT2D eigenvalue weighted by Gasteiger charge is -2.32. The Morgan fingerprint density at radius 2 is 1.94 bits per heavy atom. The van der Waals surface area contributed by atoms with Crippen LogP contribution in [0.2, 0.25) is 0 Å². The van der Waals surface area contributed by atoms with Gasteiger partial charge in [-0.05, 0) is 43.4 Å². The van der Waals surface area contributed by atoms with E-state index in [4.69, 9.17) is 9.47 Å². The van der Waals surface area contributed by atoms with Crippen LogP contribution < -0.4 is 14.8 Å². The van der Waals surface area contributed by atoms with Gasteiger partial charge in [-0.25, -0.2) is 0 Å². The van der Waals surface area contributed by atoms with Gasteiger partial charge < -0.3 is 14.8 Å². The van der Waals surface area contributed by atoms with E-state index in [2.05, 4.69) is 18.3 Å². The highest BCUT2D eigenvalue weighted by Gasteiger charge is 2.23.